The summed E-state index contributed by atoms with van der Waals surface area (Å²) in [6.07, 6.45) is -18.5. The topological polar surface area (TPSA) is 571 Å². The number of phenols is 3. The van der Waals surface area contributed by atoms with Gasteiger partial charge in [-0.2, -0.15) is 0 Å². The number of fused-ring (bicyclic) bond motifs is 15. The molecule has 0 radical (unpaired) electrons. The molecular weight excluding hydrogens is 1450 g/mol. The first kappa shape index (κ1) is 79.7. The second-order valence-corrected chi connectivity index (χ2v) is 27.8. The highest BCUT2D eigenvalue weighted by Gasteiger charge is 2.52. The fraction of sp³-hybridized carbons (Fsp3) is 0.449. The highest BCUT2D eigenvalue weighted by atomic mass is 35.5. The Morgan fingerprint density at radius 1 is 0.757 bits per heavy atom. The molecule has 7 aliphatic heterocycles. The van der Waals surface area contributed by atoms with Gasteiger partial charge in [-0.1, -0.05) is 60.4 Å². The van der Waals surface area contributed by atoms with Gasteiger partial charge in [0.15, 0.2) is 23.9 Å². The number of ether oxygens (including phenoxy) is 6. The molecule has 0 aromatic heterocycles. The smallest absolute Gasteiger partial charge is 0.248 e. The SMILES string of the molecule is CN[C@H](CC(C)C)C(=O)N[C@H]1C(=O)N[C@@H](CC(N)=O)C(=O)N[C@H]2C(=O)N[C@H]3C(=O)N[C@H](C(=O)N[C@H](C(=O)NCCCN=[N+]=[N-])c4cc(O)cc(O)c4-c4cc3ccc4O)[C@H](O)c3ccc(c(Cl)c3)Oc3cc2cc(c3O[C@@H]2O[C@H](CO)[C@@H](O)[C@H](O)[C@H]2O[C@H]2C[C@](C)(N)[C@H](O)[C@H](C)O2)Oc2ccc(cc2Cl)[C@H]1O. The fourth-order valence-electron chi connectivity index (χ4n) is 13.0. The molecule has 5 aromatic rings. The van der Waals surface area contributed by atoms with Gasteiger partial charge in [-0.15, -0.1) is 0 Å². The Morgan fingerprint density at radius 3 is 1.99 bits per heavy atom. The minimum Gasteiger partial charge on any atom is -0.508 e. The zero-order chi connectivity index (χ0) is 77.8. The molecule has 2 saturated heterocycles. The van der Waals surface area contributed by atoms with E-state index in [1.807, 2.05) is 13.8 Å². The summed E-state index contributed by atoms with van der Waals surface area (Å²) in [4.78, 5) is 122. The second kappa shape index (κ2) is 33.5. The number of aromatic hydroxyl groups is 3. The molecule has 0 spiro atoms. The van der Waals surface area contributed by atoms with E-state index in [4.69, 9.17) is 68.6 Å². The van der Waals surface area contributed by atoms with Crippen LogP contribution >= 0.6 is 23.2 Å². The van der Waals surface area contributed by atoms with Gasteiger partial charge in [0.2, 0.25) is 59.3 Å². The molecule has 0 saturated carbocycles. The molecule has 8 amide bonds. The molecule has 574 valence electrons. The van der Waals surface area contributed by atoms with Crippen molar-refractivity contribution in [2.24, 2.45) is 22.5 Å². The van der Waals surface area contributed by atoms with Crippen molar-refractivity contribution in [2.75, 3.05) is 26.7 Å². The number of hydrogen-bond donors (Lipinski definition) is 19. The molecule has 0 unspecified atom stereocenters. The van der Waals surface area contributed by atoms with Crippen LogP contribution in [0.5, 0.6) is 46.0 Å². The zero-order valence-corrected chi connectivity index (χ0v) is 59.4. The monoisotopic (exact) mass is 1530 g/mol. The minimum atomic E-state index is -2.35. The molecule has 11 bridgehead atoms. The zero-order valence-electron chi connectivity index (χ0n) is 57.8. The predicted octanol–water partition coefficient (Wildman–Crippen LogP) is 0.838. The van der Waals surface area contributed by atoms with Crippen LogP contribution < -0.4 is 68.2 Å². The molecule has 12 rings (SSSR count). The van der Waals surface area contributed by atoms with Crippen LogP contribution in [0, 0.1) is 5.92 Å². The van der Waals surface area contributed by atoms with Gasteiger partial charge in [0, 0.05) is 47.2 Å². The van der Waals surface area contributed by atoms with E-state index in [1.165, 1.54) is 39.1 Å². The van der Waals surface area contributed by atoms with Gasteiger partial charge in [-0.25, -0.2) is 0 Å². The Kier molecular flexibility index (Phi) is 24.9. The number of benzene rings is 5. The Morgan fingerprint density at radius 2 is 1.38 bits per heavy atom. The second-order valence-electron chi connectivity index (χ2n) is 27.0. The predicted molar refractivity (Wildman–Crippen MR) is 373 cm³/mol. The molecule has 2 fully saturated rings. The largest absolute Gasteiger partial charge is 0.508 e. The Hall–Kier alpha value is -9.89. The number of nitrogens with two attached hydrogens (primary N) is 2. The lowest BCUT2D eigenvalue weighted by Crippen LogP contribution is -2.64. The van der Waals surface area contributed by atoms with Crippen molar-refractivity contribution < 1.29 is 113 Å². The van der Waals surface area contributed by atoms with E-state index < -0.39 is 237 Å². The third-order valence-corrected chi connectivity index (χ3v) is 19.2. The van der Waals surface area contributed by atoms with Gasteiger partial charge in [-0.05, 0) is 128 Å². The number of nitrogens with one attached hydrogen (secondary N) is 8. The van der Waals surface area contributed by atoms with Crippen molar-refractivity contribution in [3.63, 3.8) is 0 Å². The number of amides is 8. The van der Waals surface area contributed by atoms with Gasteiger partial charge < -0.3 is 128 Å². The number of nitrogens with zero attached hydrogens (tertiary/aromatic N) is 3. The number of aliphatic hydroxyl groups excluding tert-OH is 6. The summed E-state index contributed by atoms with van der Waals surface area (Å²) >= 11 is 14.2. The maximum Gasteiger partial charge on any atom is 0.248 e. The van der Waals surface area contributed by atoms with Crippen LogP contribution in [0.3, 0.4) is 0 Å². The van der Waals surface area contributed by atoms with Gasteiger partial charge in [0.05, 0.1) is 41.3 Å². The first-order valence-electron chi connectivity index (χ1n) is 33.7. The first-order chi connectivity index (χ1) is 50.7. The van der Waals surface area contributed by atoms with Crippen LogP contribution in [0.25, 0.3) is 21.6 Å². The van der Waals surface area contributed by atoms with Crippen LogP contribution in [-0.2, 0) is 52.6 Å². The van der Waals surface area contributed by atoms with Gasteiger partial charge in [0.25, 0.3) is 0 Å². The lowest BCUT2D eigenvalue weighted by Gasteiger charge is -2.47. The van der Waals surface area contributed by atoms with Crippen molar-refractivity contribution in [1.82, 2.24) is 42.5 Å². The Bertz CT molecular complexity index is 4300. The van der Waals surface area contributed by atoms with E-state index in [1.54, 1.807) is 0 Å². The maximum atomic E-state index is 16.2. The van der Waals surface area contributed by atoms with E-state index >= 15 is 19.2 Å². The summed E-state index contributed by atoms with van der Waals surface area (Å²) in [5.74, 6) is -15.0. The summed E-state index contributed by atoms with van der Waals surface area (Å²) in [7, 11) is 1.47. The lowest BCUT2D eigenvalue weighted by molar-refractivity contribution is -0.333. The Labute approximate surface area is 619 Å². The van der Waals surface area contributed by atoms with Crippen molar-refractivity contribution in [3.8, 4) is 57.1 Å². The van der Waals surface area contributed by atoms with E-state index in [0.29, 0.717) is 0 Å². The maximum absolute atomic E-state index is 16.2. The summed E-state index contributed by atoms with van der Waals surface area (Å²) in [6, 6.07) is -0.0397. The standard InChI is InChI=1S/C69H81Cl2N13O23/c1-26(2)15-37(75-5)61(95)82-52-54(90)29-8-11-41(35(70)17-29)103-43-19-31-20-44(58(43)107-68-59(57(93)56(92)45(25-85)105-68)106-47-24-69(4,73)60(94)27(3)102-47)104-42-12-9-30(18-36(42)71)55(91)53-67(101)81-51(63(97)76-13-6-14-77-84-74)34-21-32(86)22-40(88)48(34)33-16-28(7-10-39(33)87)49(64(98)83-53)80-65(99)50(31)79-62(96)38(23-46(72)89)78-66(52)100/h7-12,16-22,26-27,37-38,45,47,49-57,59-60,68,75,85-88,90-94H,6,13-15,23-25,73H2,1-5H3,(H2,72,89)(H,76,97)(H,78,100)(H,79,96)(H,80,99)(H,81,101)(H,82,95)(H,83,98)/t27-,37+,38-,45+,47-,49+,50+,51-,52+,53-,54+,55+,56+,57-,59+,60+,68-,69-/m0/s1. The Balaban J connectivity index is 1.23. The number of carbonyl (C=O) groups is 8. The third kappa shape index (κ3) is 17.7. The average molecular weight is 1530 g/mol. The van der Waals surface area contributed by atoms with Crippen molar-refractivity contribution in [1.29, 1.82) is 0 Å². The highest BCUT2D eigenvalue weighted by molar-refractivity contribution is 6.32. The van der Waals surface area contributed by atoms with Crippen LogP contribution in [0.2, 0.25) is 10.0 Å². The first-order valence-corrected chi connectivity index (χ1v) is 34.5. The van der Waals surface area contributed by atoms with Gasteiger partial charge in [0.1, 0.15) is 95.5 Å². The number of rotatable bonds is 17. The highest BCUT2D eigenvalue weighted by Crippen LogP contribution is 2.50. The van der Waals surface area contributed by atoms with E-state index in [0.717, 1.165) is 60.7 Å². The summed E-state index contributed by atoms with van der Waals surface area (Å²) in [5, 5.41) is 128. The van der Waals surface area contributed by atoms with Crippen molar-refractivity contribution in [2.45, 2.75) is 163 Å². The fourth-order valence-corrected chi connectivity index (χ4v) is 13.5. The van der Waals surface area contributed by atoms with E-state index in [-0.39, 0.29) is 65.7 Å². The average Bonchev–Trinajstić information content (AvgIpc) is 0.781. The van der Waals surface area contributed by atoms with Crippen LogP contribution in [-0.4, -0.2) is 199 Å². The van der Waals surface area contributed by atoms with Crippen molar-refractivity contribution in [3.05, 3.63) is 127 Å². The number of aliphatic hydroxyl groups is 6. The summed E-state index contributed by atoms with van der Waals surface area (Å²) < 4.78 is 38.5. The summed E-state index contributed by atoms with van der Waals surface area (Å²) in [6.45, 7) is 5.36. The molecule has 5 aromatic carbocycles. The minimum absolute atomic E-state index is 0.0557. The van der Waals surface area contributed by atoms with Crippen LogP contribution in [0.1, 0.15) is 112 Å². The number of hydrogen-bond acceptors (Lipinski definition) is 26. The van der Waals surface area contributed by atoms with Gasteiger partial charge in [-0.3, -0.25) is 38.4 Å². The molecular formula is C69H81Cl2N13O23. The molecule has 21 N–H and O–H groups in total. The molecule has 38 heteroatoms. The van der Waals surface area contributed by atoms with Gasteiger partial charge >= 0.3 is 0 Å². The number of likely N-dealkylation sites (N-methyl/N-ethyl adjacent to an activating group) is 1. The number of carbonyl (C=O) groups excluding carboxylic acids is 8. The van der Waals surface area contributed by atoms with Crippen LogP contribution in [0.15, 0.2) is 84.0 Å². The lowest BCUT2D eigenvalue weighted by atomic mass is 9.86. The molecule has 18 atom stereocenters. The molecule has 0 aliphatic carbocycles. The molecule has 7 heterocycles. The van der Waals surface area contributed by atoms with Crippen LogP contribution in [0.4, 0.5) is 0 Å². The number of phenolic OH excluding ortho intramolecular Hbond substituents is 3. The van der Waals surface area contributed by atoms with E-state index in [2.05, 4.69) is 52.6 Å². The number of azide groups is 1. The molecule has 7 aliphatic rings. The number of primary amides is 1. The third-order valence-electron chi connectivity index (χ3n) is 18.6. The number of halogens is 2. The van der Waals surface area contributed by atoms with E-state index in [9.17, 15) is 65.1 Å². The van der Waals surface area contributed by atoms with Crippen molar-refractivity contribution >= 4 is 70.5 Å². The quantitative estimate of drug-likeness (QED) is 0.0265. The summed E-state index contributed by atoms with van der Waals surface area (Å²) in [5.41, 5.74) is 17.3. The molecule has 107 heavy (non-hydrogen) atoms. The molecule has 36 nitrogen and oxygen atoms in total. The normalized spacial score (nSPS) is 28.3.